The normalized spacial score (nSPS) is 24.6. The summed E-state index contributed by atoms with van der Waals surface area (Å²) >= 11 is 0. The van der Waals surface area contributed by atoms with Crippen LogP contribution in [0.2, 0.25) is 0 Å². The third kappa shape index (κ3) is 3.35. The molecule has 120 valence electrons. The van der Waals surface area contributed by atoms with Gasteiger partial charge in [-0.3, -0.25) is 9.69 Å². The van der Waals surface area contributed by atoms with E-state index in [9.17, 15) is 4.79 Å². The van der Waals surface area contributed by atoms with Crippen LogP contribution in [-0.2, 0) is 4.79 Å². The van der Waals surface area contributed by atoms with E-state index in [1.807, 2.05) is 24.3 Å². The molecule has 2 heterocycles. The molecule has 0 bridgehead atoms. The number of carbonyl (C=O) groups excluding carboxylic acids is 1. The summed E-state index contributed by atoms with van der Waals surface area (Å²) < 4.78 is 10.8. The molecule has 2 fully saturated rings. The van der Waals surface area contributed by atoms with Crippen molar-refractivity contribution < 1.29 is 14.3 Å². The second kappa shape index (κ2) is 7.01. The van der Waals surface area contributed by atoms with Crippen molar-refractivity contribution in [1.82, 2.24) is 10.2 Å². The number of rotatable bonds is 5. The number of ether oxygens (including phenoxy) is 2. The second-order valence-corrected chi connectivity index (χ2v) is 6.00. The highest BCUT2D eigenvalue weighted by Crippen LogP contribution is 2.27. The fraction of sp³-hybridized carbons (Fsp3) is 0.588. The first kappa shape index (κ1) is 15.2. The summed E-state index contributed by atoms with van der Waals surface area (Å²) in [6.45, 7) is 2.38. The van der Waals surface area contributed by atoms with E-state index < -0.39 is 0 Å². The van der Waals surface area contributed by atoms with Gasteiger partial charge in [-0.15, -0.1) is 0 Å². The molecule has 0 aliphatic carbocycles. The topological polar surface area (TPSA) is 50.8 Å². The number of benzene rings is 1. The van der Waals surface area contributed by atoms with Gasteiger partial charge in [0.1, 0.15) is 0 Å². The van der Waals surface area contributed by atoms with Gasteiger partial charge >= 0.3 is 0 Å². The first-order valence-electron chi connectivity index (χ1n) is 8.07. The number of nitrogens with one attached hydrogen (secondary N) is 1. The Balaban J connectivity index is 1.52. The fourth-order valence-electron chi connectivity index (χ4n) is 3.59. The maximum absolute atomic E-state index is 12.2. The third-order valence-electron chi connectivity index (χ3n) is 4.61. The quantitative estimate of drug-likeness (QED) is 0.901. The Hall–Kier alpha value is -1.75. The fourth-order valence-corrected chi connectivity index (χ4v) is 3.59. The number of fused-ring (bicyclic) bond motifs is 1. The predicted octanol–water partition coefficient (Wildman–Crippen LogP) is 1.82. The summed E-state index contributed by atoms with van der Waals surface area (Å²) in [5, 5.41) is 3.15. The Labute approximate surface area is 131 Å². The van der Waals surface area contributed by atoms with Crippen LogP contribution >= 0.6 is 0 Å². The van der Waals surface area contributed by atoms with Crippen molar-refractivity contribution in [2.24, 2.45) is 0 Å². The van der Waals surface area contributed by atoms with Gasteiger partial charge in [-0.2, -0.15) is 0 Å². The molecular formula is C17H24N2O3. The summed E-state index contributed by atoms with van der Waals surface area (Å²) in [7, 11) is 1.60. The Morgan fingerprint density at radius 2 is 1.95 bits per heavy atom. The third-order valence-corrected chi connectivity index (χ3v) is 4.61. The zero-order valence-corrected chi connectivity index (χ0v) is 13.1. The number of piperidine rings is 1. The lowest BCUT2D eigenvalue weighted by Gasteiger charge is -2.37. The summed E-state index contributed by atoms with van der Waals surface area (Å²) in [6.07, 6.45) is 4.67. The SMILES string of the molecule is COc1ccccc1OCC(=O)N[C@H]1CCCN2CCC[C@@H]12. The summed E-state index contributed by atoms with van der Waals surface area (Å²) in [5.41, 5.74) is 0. The monoisotopic (exact) mass is 304 g/mol. The molecule has 5 heteroatoms. The van der Waals surface area contributed by atoms with E-state index in [1.54, 1.807) is 7.11 Å². The molecule has 5 nitrogen and oxygen atoms in total. The average Bonchev–Trinajstić information content (AvgIpc) is 3.03. The van der Waals surface area contributed by atoms with Crippen molar-refractivity contribution in [2.75, 3.05) is 26.8 Å². The molecule has 3 rings (SSSR count). The van der Waals surface area contributed by atoms with E-state index in [-0.39, 0.29) is 18.6 Å². The van der Waals surface area contributed by atoms with Crippen LogP contribution < -0.4 is 14.8 Å². The molecule has 0 saturated carbocycles. The maximum atomic E-state index is 12.2. The smallest absolute Gasteiger partial charge is 0.258 e. The van der Waals surface area contributed by atoms with Crippen molar-refractivity contribution in [3.8, 4) is 11.5 Å². The van der Waals surface area contributed by atoms with E-state index in [0.717, 1.165) is 12.8 Å². The lowest BCUT2D eigenvalue weighted by Crippen LogP contribution is -2.53. The van der Waals surface area contributed by atoms with Crippen molar-refractivity contribution in [3.63, 3.8) is 0 Å². The predicted molar refractivity (Wildman–Crippen MR) is 84.2 cm³/mol. The largest absolute Gasteiger partial charge is 0.493 e. The highest BCUT2D eigenvalue weighted by molar-refractivity contribution is 5.78. The average molecular weight is 304 g/mol. The molecular weight excluding hydrogens is 280 g/mol. The van der Waals surface area contributed by atoms with Crippen molar-refractivity contribution >= 4 is 5.91 Å². The Morgan fingerprint density at radius 3 is 2.73 bits per heavy atom. The van der Waals surface area contributed by atoms with Gasteiger partial charge in [0.05, 0.1) is 7.11 Å². The first-order valence-corrected chi connectivity index (χ1v) is 8.07. The molecule has 0 unspecified atom stereocenters. The van der Waals surface area contributed by atoms with Crippen molar-refractivity contribution in [1.29, 1.82) is 0 Å². The summed E-state index contributed by atoms with van der Waals surface area (Å²) in [6, 6.07) is 8.17. The maximum Gasteiger partial charge on any atom is 0.258 e. The standard InChI is InChI=1S/C17H24N2O3/c1-21-15-8-2-3-9-16(15)22-12-17(20)18-13-6-4-10-19-11-5-7-14(13)19/h2-3,8-9,13-14H,4-7,10-12H2,1H3,(H,18,20)/t13-,14-/m0/s1. The highest BCUT2D eigenvalue weighted by Gasteiger charge is 2.35. The Kier molecular flexibility index (Phi) is 4.83. The molecule has 0 radical (unpaired) electrons. The molecule has 1 aromatic carbocycles. The van der Waals surface area contributed by atoms with Crippen LogP contribution in [0.3, 0.4) is 0 Å². The van der Waals surface area contributed by atoms with Gasteiger partial charge in [-0.1, -0.05) is 12.1 Å². The molecule has 2 saturated heterocycles. The van der Waals surface area contributed by atoms with Gasteiger partial charge in [-0.25, -0.2) is 0 Å². The van der Waals surface area contributed by atoms with Gasteiger partial charge in [-0.05, 0) is 50.9 Å². The van der Waals surface area contributed by atoms with Gasteiger partial charge in [0.15, 0.2) is 18.1 Å². The van der Waals surface area contributed by atoms with E-state index in [4.69, 9.17) is 9.47 Å². The minimum Gasteiger partial charge on any atom is -0.493 e. The lowest BCUT2D eigenvalue weighted by atomic mass is 9.96. The van der Waals surface area contributed by atoms with Crippen LogP contribution in [0.15, 0.2) is 24.3 Å². The van der Waals surface area contributed by atoms with Crippen LogP contribution in [-0.4, -0.2) is 49.7 Å². The number of amides is 1. The van der Waals surface area contributed by atoms with Crippen molar-refractivity contribution in [2.45, 2.75) is 37.8 Å². The van der Waals surface area contributed by atoms with Gasteiger partial charge in [0, 0.05) is 12.1 Å². The van der Waals surface area contributed by atoms with Crippen LogP contribution in [0.25, 0.3) is 0 Å². The van der Waals surface area contributed by atoms with E-state index >= 15 is 0 Å². The van der Waals surface area contributed by atoms with Crippen LogP contribution in [0.1, 0.15) is 25.7 Å². The molecule has 2 aliphatic rings. The van der Waals surface area contributed by atoms with Crippen molar-refractivity contribution in [3.05, 3.63) is 24.3 Å². The van der Waals surface area contributed by atoms with Gasteiger partial charge < -0.3 is 14.8 Å². The van der Waals surface area contributed by atoms with Crippen LogP contribution in [0, 0.1) is 0 Å². The molecule has 22 heavy (non-hydrogen) atoms. The first-order chi connectivity index (χ1) is 10.8. The van der Waals surface area contributed by atoms with Crippen LogP contribution in [0.4, 0.5) is 0 Å². The molecule has 2 aliphatic heterocycles. The number of hydrogen-bond acceptors (Lipinski definition) is 4. The molecule has 1 N–H and O–H groups in total. The molecule has 0 spiro atoms. The molecule has 2 atom stereocenters. The van der Waals surface area contributed by atoms with Gasteiger partial charge in [0.2, 0.25) is 0 Å². The van der Waals surface area contributed by atoms with Gasteiger partial charge in [0.25, 0.3) is 5.91 Å². The zero-order chi connectivity index (χ0) is 15.4. The number of methoxy groups -OCH3 is 1. The minimum absolute atomic E-state index is 0.0313. The highest BCUT2D eigenvalue weighted by atomic mass is 16.5. The summed E-state index contributed by atoms with van der Waals surface area (Å²) in [4.78, 5) is 14.7. The molecule has 0 aromatic heterocycles. The lowest BCUT2D eigenvalue weighted by molar-refractivity contribution is -0.124. The van der Waals surface area contributed by atoms with E-state index in [1.165, 1.54) is 25.9 Å². The van der Waals surface area contributed by atoms with E-state index in [0.29, 0.717) is 17.5 Å². The minimum atomic E-state index is -0.0512. The van der Waals surface area contributed by atoms with Crippen LogP contribution in [0.5, 0.6) is 11.5 Å². The number of nitrogens with zero attached hydrogens (tertiary/aromatic N) is 1. The molecule has 1 amide bonds. The summed E-state index contributed by atoms with van der Waals surface area (Å²) in [5.74, 6) is 1.20. The zero-order valence-electron chi connectivity index (χ0n) is 13.1. The Morgan fingerprint density at radius 1 is 1.23 bits per heavy atom. The number of para-hydroxylation sites is 2. The second-order valence-electron chi connectivity index (χ2n) is 6.00. The molecule has 1 aromatic rings. The van der Waals surface area contributed by atoms with E-state index in [2.05, 4.69) is 10.2 Å². The number of carbonyl (C=O) groups is 1. The Bertz CT molecular complexity index is 520. The number of hydrogen-bond donors (Lipinski definition) is 1.